The number of sulfone groups is 1. The van der Waals surface area contributed by atoms with Gasteiger partial charge < -0.3 is 5.73 Å². The monoisotopic (exact) mass is 284 g/mol. The maximum Gasteiger partial charge on any atom is 0.197 e. The van der Waals surface area contributed by atoms with E-state index in [9.17, 15) is 8.42 Å². The van der Waals surface area contributed by atoms with Crippen LogP contribution in [0.15, 0.2) is 23.4 Å². The van der Waals surface area contributed by atoms with E-state index in [1.807, 2.05) is 0 Å². The predicted octanol–water partition coefficient (Wildman–Crippen LogP) is 3.19. The summed E-state index contributed by atoms with van der Waals surface area (Å²) in [5.41, 5.74) is 5.89. The second-order valence-corrected chi connectivity index (χ2v) is 6.86. The Hall–Kier alpha value is -1.10. The van der Waals surface area contributed by atoms with Crippen molar-refractivity contribution in [3.05, 3.63) is 18.3 Å². The van der Waals surface area contributed by atoms with E-state index in [2.05, 4.69) is 11.9 Å². The summed E-state index contributed by atoms with van der Waals surface area (Å²) in [5.74, 6) is 0.141. The highest BCUT2D eigenvalue weighted by molar-refractivity contribution is 7.91. The van der Waals surface area contributed by atoms with E-state index in [-0.39, 0.29) is 16.5 Å². The van der Waals surface area contributed by atoms with E-state index >= 15 is 0 Å². The fourth-order valence-corrected chi connectivity index (χ4v) is 3.44. The molecular formula is C14H24N2O2S. The number of aromatic nitrogens is 1. The molecule has 1 heterocycles. The summed E-state index contributed by atoms with van der Waals surface area (Å²) in [7, 11) is -3.32. The van der Waals surface area contributed by atoms with Crippen molar-refractivity contribution in [3.63, 3.8) is 0 Å². The molecule has 0 fully saturated rings. The first kappa shape index (κ1) is 16.0. The molecule has 0 spiro atoms. The largest absolute Gasteiger partial charge is 0.396 e. The van der Waals surface area contributed by atoms with Crippen molar-refractivity contribution in [3.8, 4) is 0 Å². The van der Waals surface area contributed by atoms with Crippen molar-refractivity contribution in [2.75, 3.05) is 11.5 Å². The summed E-state index contributed by atoms with van der Waals surface area (Å²) >= 11 is 0. The number of hydrogen-bond acceptors (Lipinski definition) is 4. The van der Waals surface area contributed by atoms with E-state index in [0.29, 0.717) is 6.42 Å². The zero-order valence-electron chi connectivity index (χ0n) is 11.6. The van der Waals surface area contributed by atoms with Gasteiger partial charge >= 0.3 is 0 Å². The SMILES string of the molecule is CCCCCCCCCS(=O)(=O)c1ncccc1N. The molecule has 0 aliphatic heterocycles. The molecule has 0 unspecified atom stereocenters. The van der Waals surface area contributed by atoms with Crippen LogP contribution in [-0.2, 0) is 9.84 Å². The molecule has 0 radical (unpaired) electrons. The molecule has 19 heavy (non-hydrogen) atoms. The van der Waals surface area contributed by atoms with Crippen LogP contribution in [0.2, 0.25) is 0 Å². The molecular weight excluding hydrogens is 260 g/mol. The van der Waals surface area contributed by atoms with Gasteiger partial charge in [0, 0.05) is 6.20 Å². The second-order valence-electron chi connectivity index (χ2n) is 4.84. The predicted molar refractivity (Wildman–Crippen MR) is 78.7 cm³/mol. The third kappa shape index (κ3) is 5.59. The van der Waals surface area contributed by atoms with Gasteiger partial charge in [0.05, 0.1) is 11.4 Å². The number of nitrogens with zero attached hydrogens (tertiary/aromatic N) is 1. The van der Waals surface area contributed by atoms with Gasteiger partial charge in [-0.3, -0.25) is 0 Å². The Balaban J connectivity index is 2.34. The molecule has 0 atom stereocenters. The molecule has 0 saturated carbocycles. The van der Waals surface area contributed by atoms with Gasteiger partial charge in [0.2, 0.25) is 0 Å². The zero-order valence-corrected chi connectivity index (χ0v) is 12.5. The van der Waals surface area contributed by atoms with Crippen LogP contribution in [0, 0.1) is 0 Å². The first-order chi connectivity index (χ1) is 9.08. The molecule has 0 bridgehead atoms. The van der Waals surface area contributed by atoms with E-state index in [1.54, 1.807) is 12.1 Å². The first-order valence-corrected chi connectivity index (χ1v) is 8.66. The number of hydrogen-bond donors (Lipinski definition) is 1. The minimum Gasteiger partial charge on any atom is -0.396 e. The highest BCUT2D eigenvalue weighted by Crippen LogP contribution is 2.17. The molecule has 1 rings (SSSR count). The van der Waals surface area contributed by atoms with Gasteiger partial charge in [-0.25, -0.2) is 13.4 Å². The summed E-state index contributed by atoms with van der Waals surface area (Å²) in [6.45, 7) is 2.18. The molecule has 0 amide bonds. The lowest BCUT2D eigenvalue weighted by Crippen LogP contribution is -2.11. The van der Waals surface area contributed by atoms with Gasteiger partial charge in [0.15, 0.2) is 14.9 Å². The summed E-state index contributed by atoms with van der Waals surface area (Å²) in [6.07, 6.45) is 9.15. The molecule has 1 aromatic rings. The zero-order chi connectivity index (χ0) is 14.1. The van der Waals surface area contributed by atoms with Crippen molar-refractivity contribution in [1.29, 1.82) is 0 Å². The van der Waals surface area contributed by atoms with Crippen molar-refractivity contribution in [2.24, 2.45) is 0 Å². The highest BCUT2D eigenvalue weighted by Gasteiger charge is 2.18. The molecule has 4 nitrogen and oxygen atoms in total. The fourth-order valence-electron chi connectivity index (χ4n) is 2.01. The number of nitrogen functional groups attached to an aromatic ring is 1. The van der Waals surface area contributed by atoms with E-state index in [4.69, 9.17) is 5.73 Å². The lowest BCUT2D eigenvalue weighted by atomic mass is 10.1. The third-order valence-electron chi connectivity index (χ3n) is 3.11. The first-order valence-electron chi connectivity index (χ1n) is 7.01. The van der Waals surface area contributed by atoms with Gasteiger partial charge in [-0.05, 0) is 18.6 Å². The van der Waals surface area contributed by atoms with Crippen LogP contribution in [0.3, 0.4) is 0 Å². The number of anilines is 1. The van der Waals surface area contributed by atoms with Gasteiger partial charge in [-0.15, -0.1) is 0 Å². The summed E-state index contributed by atoms with van der Waals surface area (Å²) in [4.78, 5) is 3.88. The molecule has 108 valence electrons. The van der Waals surface area contributed by atoms with Crippen LogP contribution >= 0.6 is 0 Å². The van der Waals surface area contributed by atoms with Gasteiger partial charge in [0.25, 0.3) is 0 Å². The summed E-state index contributed by atoms with van der Waals surface area (Å²) in [6, 6.07) is 3.21. The van der Waals surface area contributed by atoms with Crippen LogP contribution in [0.4, 0.5) is 5.69 Å². The Morgan fingerprint density at radius 1 is 1.11 bits per heavy atom. The standard InChI is InChI=1S/C14H24N2O2S/c1-2-3-4-5-6-7-8-12-19(17,18)14-13(15)10-9-11-16-14/h9-11H,2-8,12,15H2,1H3. The normalized spacial score (nSPS) is 11.6. The van der Waals surface area contributed by atoms with Gasteiger partial charge in [-0.2, -0.15) is 0 Å². The maximum absolute atomic E-state index is 12.0. The van der Waals surface area contributed by atoms with Crippen molar-refractivity contribution in [1.82, 2.24) is 4.98 Å². The quantitative estimate of drug-likeness (QED) is 0.707. The van der Waals surface area contributed by atoms with Crippen molar-refractivity contribution in [2.45, 2.75) is 56.9 Å². The molecule has 0 aliphatic carbocycles. The Bertz CT molecular complexity index is 472. The van der Waals surface area contributed by atoms with E-state index in [1.165, 1.54) is 31.9 Å². The average molecular weight is 284 g/mol. The van der Waals surface area contributed by atoms with Gasteiger partial charge in [-0.1, -0.05) is 45.4 Å². The van der Waals surface area contributed by atoms with Gasteiger partial charge in [0.1, 0.15) is 0 Å². The number of unbranched alkanes of at least 4 members (excludes halogenated alkanes) is 6. The topological polar surface area (TPSA) is 73.0 Å². The minimum atomic E-state index is -3.32. The molecule has 1 aromatic heterocycles. The third-order valence-corrected chi connectivity index (χ3v) is 4.87. The number of rotatable bonds is 9. The summed E-state index contributed by atoms with van der Waals surface area (Å²) < 4.78 is 24.1. The van der Waals surface area contributed by atoms with Crippen LogP contribution < -0.4 is 5.73 Å². The minimum absolute atomic E-state index is 0.0287. The van der Waals surface area contributed by atoms with Crippen molar-refractivity contribution >= 4 is 15.5 Å². The van der Waals surface area contributed by atoms with Crippen LogP contribution in [-0.4, -0.2) is 19.2 Å². The van der Waals surface area contributed by atoms with E-state index in [0.717, 1.165) is 12.8 Å². The lowest BCUT2D eigenvalue weighted by molar-refractivity contribution is 0.577. The molecule has 0 aliphatic rings. The van der Waals surface area contributed by atoms with Crippen LogP contribution in [0.25, 0.3) is 0 Å². The van der Waals surface area contributed by atoms with Crippen molar-refractivity contribution < 1.29 is 8.42 Å². The fraction of sp³-hybridized carbons (Fsp3) is 0.643. The smallest absolute Gasteiger partial charge is 0.197 e. The molecule has 0 aromatic carbocycles. The summed E-state index contributed by atoms with van der Waals surface area (Å²) in [5, 5.41) is 0.0287. The van der Waals surface area contributed by atoms with E-state index < -0.39 is 9.84 Å². The second kappa shape index (κ2) is 8.15. The molecule has 2 N–H and O–H groups in total. The van der Waals surface area contributed by atoms with Crippen LogP contribution in [0.1, 0.15) is 51.9 Å². The maximum atomic E-state index is 12.0. The van der Waals surface area contributed by atoms with Crippen LogP contribution in [0.5, 0.6) is 0 Å². The Morgan fingerprint density at radius 3 is 2.37 bits per heavy atom. The average Bonchev–Trinajstić information content (AvgIpc) is 2.38. The lowest BCUT2D eigenvalue weighted by Gasteiger charge is -2.06. The highest BCUT2D eigenvalue weighted by atomic mass is 32.2. The molecule has 5 heteroatoms. The Morgan fingerprint density at radius 2 is 1.74 bits per heavy atom. The Labute approximate surface area is 116 Å². The number of pyridine rings is 1. The Kier molecular flexibility index (Phi) is 6.84. The molecule has 0 saturated heterocycles. The number of nitrogens with two attached hydrogens (primary N) is 1.